The molecular weight excluding hydrogens is 335 g/mol. The molecule has 0 aliphatic carbocycles. The van der Waals surface area contributed by atoms with Gasteiger partial charge in [-0.05, 0) is 17.7 Å². The number of alkyl halides is 3. The molecule has 0 saturated heterocycles. The van der Waals surface area contributed by atoms with E-state index < -0.39 is 23.7 Å². The summed E-state index contributed by atoms with van der Waals surface area (Å²) in [6.07, 6.45) is -5.02. The number of carboxylic acid groups (broad SMARTS) is 1. The minimum absolute atomic E-state index is 0.180. The third-order valence-electron chi connectivity index (χ3n) is 3.13. The second-order valence-electron chi connectivity index (χ2n) is 4.58. The standard InChI is InChI=1S/C14H12F3NO4S/c1-21-13(12(19)20,11-7-23-8-18-11)6-9-3-2-4-10(5-9)22-14(15,16)17/h2-5,7-8H,6H2,1H3,(H,19,20). The number of aromatic nitrogens is 1. The summed E-state index contributed by atoms with van der Waals surface area (Å²) in [7, 11) is 1.21. The Kier molecular flexibility index (Phi) is 4.90. The molecule has 5 nitrogen and oxygen atoms in total. The van der Waals surface area contributed by atoms with Crippen LogP contribution < -0.4 is 4.74 Å². The number of carboxylic acids is 1. The van der Waals surface area contributed by atoms with Gasteiger partial charge in [-0.3, -0.25) is 0 Å². The van der Waals surface area contributed by atoms with Crippen LogP contribution in [-0.2, 0) is 21.6 Å². The Balaban J connectivity index is 2.34. The lowest BCUT2D eigenvalue weighted by Gasteiger charge is -2.26. The highest BCUT2D eigenvalue weighted by molar-refractivity contribution is 7.07. The summed E-state index contributed by atoms with van der Waals surface area (Å²) in [6, 6.07) is 5.09. The number of halogens is 3. The van der Waals surface area contributed by atoms with Crippen LogP contribution in [0.5, 0.6) is 5.75 Å². The maximum Gasteiger partial charge on any atom is 0.573 e. The van der Waals surface area contributed by atoms with Crippen LogP contribution in [0, 0.1) is 0 Å². The van der Waals surface area contributed by atoms with E-state index in [2.05, 4.69) is 9.72 Å². The SMILES string of the molecule is COC(Cc1cccc(OC(F)(F)F)c1)(C(=O)O)c1cscn1. The van der Waals surface area contributed by atoms with Crippen molar-refractivity contribution in [2.75, 3.05) is 7.11 Å². The highest BCUT2D eigenvalue weighted by Crippen LogP contribution is 2.31. The summed E-state index contributed by atoms with van der Waals surface area (Å²) in [5.41, 5.74) is 0.162. The maximum atomic E-state index is 12.3. The molecule has 0 bridgehead atoms. The Hall–Kier alpha value is -2.13. The van der Waals surface area contributed by atoms with Gasteiger partial charge in [0.25, 0.3) is 0 Å². The molecule has 1 unspecified atom stereocenters. The number of rotatable bonds is 6. The van der Waals surface area contributed by atoms with Crippen LogP contribution in [0.4, 0.5) is 13.2 Å². The van der Waals surface area contributed by atoms with E-state index in [4.69, 9.17) is 4.74 Å². The van der Waals surface area contributed by atoms with Crippen LogP contribution in [0.1, 0.15) is 11.3 Å². The van der Waals surface area contributed by atoms with Crippen molar-refractivity contribution in [3.63, 3.8) is 0 Å². The Morgan fingerprint density at radius 2 is 2.13 bits per heavy atom. The first-order chi connectivity index (χ1) is 10.8. The van der Waals surface area contributed by atoms with Crippen LogP contribution in [-0.4, -0.2) is 29.5 Å². The molecule has 1 heterocycles. The number of ether oxygens (including phenoxy) is 2. The van der Waals surface area contributed by atoms with E-state index in [1.807, 2.05) is 0 Å². The summed E-state index contributed by atoms with van der Waals surface area (Å²) in [4.78, 5) is 15.7. The first-order valence-electron chi connectivity index (χ1n) is 6.29. The van der Waals surface area contributed by atoms with Crippen molar-refractivity contribution in [1.29, 1.82) is 0 Å². The monoisotopic (exact) mass is 347 g/mol. The predicted molar refractivity (Wildman–Crippen MR) is 75.3 cm³/mol. The Morgan fingerprint density at radius 3 is 2.65 bits per heavy atom. The number of nitrogens with zero attached hydrogens (tertiary/aromatic N) is 1. The molecule has 0 saturated carbocycles. The number of methoxy groups -OCH3 is 1. The van der Waals surface area contributed by atoms with Crippen molar-refractivity contribution in [2.45, 2.75) is 18.4 Å². The molecule has 0 spiro atoms. The molecule has 1 N–H and O–H groups in total. The largest absolute Gasteiger partial charge is 0.573 e. The van der Waals surface area contributed by atoms with Crippen molar-refractivity contribution < 1.29 is 32.5 Å². The number of benzene rings is 1. The van der Waals surface area contributed by atoms with Gasteiger partial charge in [0.15, 0.2) is 0 Å². The third-order valence-corrected chi connectivity index (χ3v) is 3.71. The van der Waals surface area contributed by atoms with Gasteiger partial charge in [-0.2, -0.15) is 0 Å². The molecule has 23 heavy (non-hydrogen) atoms. The Bertz CT molecular complexity index is 675. The first kappa shape index (κ1) is 17.2. The fourth-order valence-electron chi connectivity index (χ4n) is 2.09. The van der Waals surface area contributed by atoms with E-state index >= 15 is 0 Å². The molecule has 1 aromatic heterocycles. The summed E-state index contributed by atoms with van der Waals surface area (Å²) in [6.45, 7) is 0. The average molecular weight is 347 g/mol. The molecule has 1 atom stereocenters. The van der Waals surface area contributed by atoms with E-state index in [1.54, 1.807) is 0 Å². The third kappa shape index (κ3) is 3.99. The highest BCUT2D eigenvalue weighted by atomic mass is 32.1. The summed E-state index contributed by atoms with van der Waals surface area (Å²) in [5.74, 6) is -1.71. The van der Waals surface area contributed by atoms with Gasteiger partial charge in [0.1, 0.15) is 5.75 Å². The lowest BCUT2D eigenvalue weighted by Crippen LogP contribution is -2.40. The van der Waals surface area contributed by atoms with Gasteiger partial charge in [0.2, 0.25) is 5.60 Å². The second kappa shape index (κ2) is 6.55. The van der Waals surface area contributed by atoms with Gasteiger partial charge in [-0.25, -0.2) is 9.78 Å². The van der Waals surface area contributed by atoms with Crippen LogP contribution in [0.25, 0.3) is 0 Å². The molecule has 0 aliphatic rings. The van der Waals surface area contributed by atoms with Crippen molar-refractivity contribution in [1.82, 2.24) is 4.98 Å². The van der Waals surface area contributed by atoms with E-state index in [9.17, 15) is 23.1 Å². The zero-order valence-corrected chi connectivity index (χ0v) is 12.6. The smallest absolute Gasteiger partial charge is 0.479 e. The van der Waals surface area contributed by atoms with Crippen LogP contribution in [0.2, 0.25) is 0 Å². The van der Waals surface area contributed by atoms with Gasteiger partial charge < -0.3 is 14.6 Å². The normalized spacial score (nSPS) is 14.3. The molecule has 124 valence electrons. The summed E-state index contributed by atoms with van der Waals surface area (Å²) >= 11 is 1.19. The fraction of sp³-hybridized carbons (Fsp3) is 0.286. The Labute approximate surface area is 133 Å². The van der Waals surface area contributed by atoms with Gasteiger partial charge in [0.05, 0.1) is 11.2 Å². The van der Waals surface area contributed by atoms with Gasteiger partial charge in [-0.15, -0.1) is 24.5 Å². The Morgan fingerprint density at radius 1 is 1.39 bits per heavy atom. The maximum absolute atomic E-state index is 12.3. The summed E-state index contributed by atoms with van der Waals surface area (Å²) in [5, 5.41) is 11.1. The molecule has 2 aromatic rings. The van der Waals surface area contributed by atoms with Crippen LogP contribution in [0.3, 0.4) is 0 Å². The average Bonchev–Trinajstić information content (AvgIpc) is 2.97. The summed E-state index contributed by atoms with van der Waals surface area (Å²) < 4.78 is 45.8. The topological polar surface area (TPSA) is 68.7 Å². The van der Waals surface area contributed by atoms with Gasteiger partial charge >= 0.3 is 12.3 Å². The molecule has 0 fully saturated rings. The fourth-order valence-corrected chi connectivity index (χ4v) is 2.71. The van der Waals surface area contributed by atoms with E-state index in [-0.39, 0.29) is 12.1 Å². The number of hydrogen-bond donors (Lipinski definition) is 1. The molecule has 0 radical (unpaired) electrons. The zero-order valence-electron chi connectivity index (χ0n) is 11.8. The predicted octanol–water partition coefficient (Wildman–Crippen LogP) is 3.21. The van der Waals surface area contributed by atoms with E-state index in [0.717, 1.165) is 12.1 Å². The molecule has 1 aromatic carbocycles. The van der Waals surface area contributed by atoms with Crippen molar-refractivity contribution in [3.05, 3.63) is 46.4 Å². The lowest BCUT2D eigenvalue weighted by molar-refractivity contribution is -0.274. The first-order valence-corrected chi connectivity index (χ1v) is 7.23. The minimum atomic E-state index is -4.82. The number of thiazole rings is 1. The molecule has 9 heteroatoms. The number of hydrogen-bond acceptors (Lipinski definition) is 5. The molecule has 0 amide bonds. The molecule has 2 rings (SSSR count). The van der Waals surface area contributed by atoms with Gasteiger partial charge in [-0.1, -0.05) is 12.1 Å². The van der Waals surface area contributed by atoms with Crippen LogP contribution >= 0.6 is 11.3 Å². The number of carbonyl (C=O) groups is 1. The van der Waals surface area contributed by atoms with Crippen molar-refractivity contribution in [2.24, 2.45) is 0 Å². The highest BCUT2D eigenvalue weighted by Gasteiger charge is 2.43. The van der Waals surface area contributed by atoms with E-state index in [0.29, 0.717) is 5.56 Å². The zero-order chi connectivity index (χ0) is 17.1. The minimum Gasteiger partial charge on any atom is -0.479 e. The van der Waals surface area contributed by atoms with Crippen molar-refractivity contribution >= 4 is 17.3 Å². The van der Waals surface area contributed by atoms with E-state index in [1.165, 1.54) is 41.5 Å². The molecular formula is C14H12F3NO4S. The van der Waals surface area contributed by atoms with Crippen LogP contribution in [0.15, 0.2) is 35.2 Å². The molecule has 0 aliphatic heterocycles. The van der Waals surface area contributed by atoms with Crippen molar-refractivity contribution in [3.8, 4) is 5.75 Å². The second-order valence-corrected chi connectivity index (χ2v) is 5.30. The lowest BCUT2D eigenvalue weighted by atomic mass is 9.91. The number of aliphatic carboxylic acids is 1. The quantitative estimate of drug-likeness (QED) is 0.869. The van der Waals surface area contributed by atoms with Gasteiger partial charge in [0, 0.05) is 18.9 Å².